The van der Waals surface area contributed by atoms with E-state index in [0.717, 1.165) is 44.7 Å². The van der Waals surface area contributed by atoms with E-state index in [9.17, 15) is 9.59 Å². The average molecular weight is 665 g/mol. The Kier molecular flexibility index (Phi) is 8.65. The largest absolute Gasteiger partial charge is 0.350 e. The molecule has 1 aliphatic heterocycles. The van der Waals surface area contributed by atoms with Crippen LogP contribution in [0.4, 0.5) is 4.79 Å². The lowest BCUT2D eigenvalue weighted by Crippen LogP contribution is -2.38. The van der Waals surface area contributed by atoms with E-state index in [1.807, 2.05) is 91.0 Å². The molecule has 3 aromatic carbocycles. The van der Waals surface area contributed by atoms with Crippen molar-refractivity contribution < 1.29 is 9.59 Å². The molecule has 47 heavy (non-hydrogen) atoms. The Labute approximate surface area is 281 Å². The standard InChI is InChI=1S/C36H31Cl2N7O2/c37-26-11-9-24(10-12-26)21-45-23-41-32(25-6-2-1-3-7-25)34(45)31-29-14-13-27(38)20-30(29)42-33(31)35(46)40-16-17-43-18-19-44(36(43)47)22-28-8-4-5-15-39-28/h1-15,20,23,42H,16-19,21-22H2,(H,40,46). The predicted molar refractivity (Wildman–Crippen MR) is 184 cm³/mol. The summed E-state index contributed by atoms with van der Waals surface area (Å²) >= 11 is 12.6. The zero-order valence-corrected chi connectivity index (χ0v) is 26.9. The molecule has 1 fully saturated rings. The van der Waals surface area contributed by atoms with Crippen LogP contribution in [0.1, 0.15) is 21.7 Å². The van der Waals surface area contributed by atoms with Gasteiger partial charge in [-0.2, -0.15) is 0 Å². The highest BCUT2D eigenvalue weighted by molar-refractivity contribution is 6.31. The lowest BCUT2D eigenvalue weighted by molar-refractivity contribution is 0.0946. The maximum atomic E-state index is 14.0. The second-order valence-corrected chi connectivity index (χ2v) is 12.3. The van der Waals surface area contributed by atoms with Crippen LogP contribution < -0.4 is 5.32 Å². The van der Waals surface area contributed by atoms with Gasteiger partial charge >= 0.3 is 6.03 Å². The summed E-state index contributed by atoms with van der Waals surface area (Å²) < 4.78 is 2.05. The van der Waals surface area contributed by atoms with Gasteiger partial charge in [0, 0.05) is 71.0 Å². The van der Waals surface area contributed by atoms with Crippen molar-refractivity contribution in [2.24, 2.45) is 0 Å². The molecule has 7 rings (SSSR count). The molecule has 0 aliphatic carbocycles. The molecular weight excluding hydrogens is 633 g/mol. The zero-order chi connectivity index (χ0) is 32.3. The fraction of sp³-hybridized carbons (Fsp3) is 0.167. The normalized spacial score (nSPS) is 13.1. The van der Waals surface area contributed by atoms with Crippen molar-refractivity contribution >= 4 is 46.0 Å². The van der Waals surface area contributed by atoms with Crippen LogP contribution in [-0.4, -0.2) is 67.4 Å². The number of hydrogen-bond donors (Lipinski definition) is 2. The monoisotopic (exact) mass is 663 g/mol. The van der Waals surface area contributed by atoms with Crippen LogP contribution >= 0.6 is 23.2 Å². The number of rotatable bonds is 10. The number of nitrogens with zero attached hydrogens (tertiary/aromatic N) is 5. The van der Waals surface area contributed by atoms with Crippen LogP contribution in [0.2, 0.25) is 10.0 Å². The van der Waals surface area contributed by atoms with Crippen LogP contribution in [0.15, 0.2) is 104 Å². The lowest BCUT2D eigenvalue weighted by atomic mass is 10.0. The number of benzene rings is 3. The zero-order valence-electron chi connectivity index (χ0n) is 25.4. The van der Waals surface area contributed by atoms with Gasteiger partial charge < -0.3 is 24.7 Å². The summed E-state index contributed by atoms with van der Waals surface area (Å²) in [6, 6.07) is 28.8. The van der Waals surface area contributed by atoms with Gasteiger partial charge in [0.25, 0.3) is 5.91 Å². The van der Waals surface area contributed by atoms with Gasteiger partial charge in [-0.1, -0.05) is 77.8 Å². The molecule has 2 N–H and O–H groups in total. The van der Waals surface area contributed by atoms with Gasteiger partial charge in [-0.25, -0.2) is 9.78 Å². The van der Waals surface area contributed by atoms with Gasteiger partial charge in [0.05, 0.1) is 30.0 Å². The van der Waals surface area contributed by atoms with Crippen LogP contribution in [0.5, 0.6) is 0 Å². The van der Waals surface area contributed by atoms with E-state index >= 15 is 0 Å². The first kappa shape index (κ1) is 30.5. The number of aromatic amines is 1. The summed E-state index contributed by atoms with van der Waals surface area (Å²) in [4.78, 5) is 43.1. The van der Waals surface area contributed by atoms with Crippen molar-refractivity contribution in [2.45, 2.75) is 13.1 Å². The number of nitrogens with one attached hydrogen (secondary N) is 2. The van der Waals surface area contributed by atoms with Gasteiger partial charge in [-0.05, 0) is 42.0 Å². The molecule has 0 bridgehead atoms. The highest BCUT2D eigenvalue weighted by Crippen LogP contribution is 2.39. The third kappa shape index (κ3) is 6.45. The highest BCUT2D eigenvalue weighted by atomic mass is 35.5. The number of amides is 3. The molecule has 0 atom stereocenters. The Hall–Kier alpha value is -5.12. The molecule has 3 amide bonds. The van der Waals surface area contributed by atoms with Gasteiger partial charge in [-0.15, -0.1) is 0 Å². The second-order valence-electron chi connectivity index (χ2n) is 11.4. The third-order valence-electron chi connectivity index (χ3n) is 8.30. The van der Waals surface area contributed by atoms with Gasteiger partial charge in [0.2, 0.25) is 0 Å². The average Bonchev–Trinajstić information content (AvgIpc) is 3.77. The molecule has 3 aromatic heterocycles. The van der Waals surface area contributed by atoms with Gasteiger partial charge in [0.15, 0.2) is 0 Å². The van der Waals surface area contributed by atoms with Gasteiger partial charge in [-0.3, -0.25) is 9.78 Å². The highest BCUT2D eigenvalue weighted by Gasteiger charge is 2.29. The maximum Gasteiger partial charge on any atom is 0.320 e. The predicted octanol–water partition coefficient (Wildman–Crippen LogP) is 7.12. The van der Waals surface area contributed by atoms with E-state index in [1.54, 1.807) is 22.3 Å². The molecule has 236 valence electrons. The second kappa shape index (κ2) is 13.3. The number of carbonyl (C=O) groups excluding carboxylic acids is 2. The molecule has 11 heteroatoms. The van der Waals surface area contributed by atoms with Crippen molar-refractivity contribution in [1.29, 1.82) is 0 Å². The number of pyridine rings is 1. The lowest BCUT2D eigenvalue weighted by Gasteiger charge is -2.18. The number of fused-ring (bicyclic) bond motifs is 1. The molecule has 0 radical (unpaired) electrons. The maximum absolute atomic E-state index is 14.0. The Morgan fingerprint density at radius 3 is 2.40 bits per heavy atom. The first-order valence-electron chi connectivity index (χ1n) is 15.3. The molecule has 0 spiro atoms. The summed E-state index contributed by atoms with van der Waals surface area (Å²) in [5.74, 6) is -0.289. The minimum Gasteiger partial charge on any atom is -0.350 e. The summed E-state index contributed by atoms with van der Waals surface area (Å²) in [6.07, 6.45) is 3.53. The molecule has 0 unspecified atom stereocenters. The topological polar surface area (TPSA) is 99.2 Å². The van der Waals surface area contributed by atoms with Crippen LogP contribution in [0.25, 0.3) is 33.4 Å². The Bertz CT molecular complexity index is 2040. The van der Waals surface area contributed by atoms with Gasteiger partial charge in [0.1, 0.15) is 5.69 Å². The number of urea groups is 1. The quantitative estimate of drug-likeness (QED) is 0.163. The van der Waals surface area contributed by atoms with E-state index in [1.165, 1.54) is 0 Å². The Morgan fingerprint density at radius 2 is 1.62 bits per heavy atom. The van der Waals surface area contributed by atoms with Crippen LogP contribution in [0.3, 0.4) is 0 Å². The minimum atomic E-state index is -0.289. The first-order chi connectivity index (χ1) is 22.9. The molecule has 0 saturated carbocycles. The van der Waals surface area contributed by atoms with Crippen LogP contribution in [-0.2, 0) is 13.1 Å². The van der Waals surface area contributed by atoms with Crippen molar-refractivity contribution in [3.8, 4) is 22.5 Å². The third-order valence-corrected chi connectivity index (χ3v) is 8.79. The van der Waals surface area contributed by atoms with E-state index in [4.69, 9.17) is 28.2 Å². The van der Waals surface area contributed by atoms with Crippen molar-refractivity contribution in [2.75, 3.05) is 26.2 Å². The van der Waals surface area contributed by atoms with E-state index in [2.05, 4.69) is 19.9 Å². The van der Waals surface area contributed by atoms with Crippen molar-refractivity contribution in [1.82, 2.24) is 34.6 Å². The summed E-state index contributed by atoms with van der Waals surface area (Å²) in [7, 11) is 0. The number of hydrogen-bond acceptors (Lipinski definition) is 4. The molecular formula is C36H31Cl2N7O2. The number of aromatic nitrogens is 4. The molecule has 4 heterocycles. The fourth-order valence-electron chi connectivity index (χ4n) is 6.01. The smallest absolute Gasteiger partial charge is 0.320 e. The molecule has 1 saturated heterocycles. The number of halogens is 2. The van der Waals surface area contributed by atoms with Crippen LogP contribution in [0, 0.1) is 0 Å². The number of carbonyl (C=O) groups is 2. The Morgan fingerprint density at radius 1 is 0.851 bits per heavy atom. The fourth-order valence-corrected chi connectivity index (χ4v) is 6.31. The summed E-state index contributed by atoms with van der Waals surface area (Å²) in [5.41, 5.74) is 6.19. The summed E-state index contributed by atoms with van der Waals surface area (Å²) in [5, 5.41) is 5.11. The van der Waals surface area contributed by atoms with Crippen molar-refractivity contribution in [3.05, 3.63) is 131 Å². The number of imidazole rings is 1. The SMILES string of the molecule is O=C(NCCN1CCN(Cc2ccccn2)C1=O)c1[nH]c2cc(Cl)ccc2c1-c1c(-c2ccccc2)ncn1Cc1ccc(Cl)cc1. The number of H-pyrrole nitrogens is 1. The Balaban J connectivity index is 1.19. The summed E-state index contributed by atoms with van der Waals surface area (Å²) in [6.45, 7) is 2.83. The van der Waals surface area contributed by atoms with E-state index in [-0.39, 0.29) is 18.5 Å². The van der Waals surface area contributed by atoms with E-state index in [0.29, 0.717) is 48.5 Å². The minimum absolute atomic E-state index is 0.0653. The first-order valence-corrected chi connectivity index (χ1v) is 16.1. The molecule has 9 nitrogen and oxygen atoms in total. The molecule has 6 aromatic rings. The van der Waals surface area contributed by atoms with E-state index < -0.39 is 0 Å². The molecule has 1 aliphatic rings. The van der Waals surface area contributed by atoms with Crippen molar-refractivity contribution in [3.63, 3.8) is 0 Å².